The Kier molecular flexibility index (Phi) is 27.5. The molecule has 0 radical (unpaired) electrons. The van der Waals surface area contributed by atoms with E-state index in [1.54, 1.807) is 6.92 Å². The van der Waals surface area contributed by atoms with Gasteiger partial charge in [0.25, 0.3) is 0 Å². The van der Waals surface area contributed by atoms with E-state index in [2.05, 4.69) is 16.0 Å². The molecule has 10 rings (SSSR count). The third-order valence-electron chi connectivity index (χ3n) is 26.1. The van der Waals surface area contributed by atoms with Gasteiger partial charge in [0, 0.05) is 73.3 Å². The van der Waals surface area contributed by atoms with Gasteiger partial charge >= 0.3 is 12.4 Å². The highest BCUT2D eigenvalue weighted by molar-refractivity contribution is 6.21. The smallest absolute Gasteiger partial charge is 0.378 e. The molecule has 3 N–H and O–H groups in total. The Morgan fingerprint density at radius 1 is 0.583 bits per heavy atom. The Balaban J connectivity index is 1.01. The Morgan fingerprint density at radius 3 is 1.80 bits per heavy atom. The number of halogens is 7. The highest BCUT2D eigenvalue weighted by Gasteiger charge is 2.55. The number of amides is 12. The molecular formula is C76H115ClF6N12O13. The van der Waals surface area contributed by atoms with Crippen LogP contribution in [0.1, 0.15) is 194 Å². The summed E-state index contributed by atoms with van der Waals surface area (Å²) in [5.74, 6) is -13.5. The van der Waals surface area contributed by atoms with Gasteiger partial charge in [-0.25, -0.2) is 0 Å². The monoisotopic (exact) mass is 1550 g/mol. The van der Waals surface area contributed by atoms with Crippen LogP contribution in [-0.2, 0) is 62.3 Å². The van der Waals surface area contributed by atoms with Crippen molar-refractivity contribution in [3.05, 3.63) is 0 Å². The second-order valence-electron chi connectivity index (χ2n) is 33.4. The van der Waals surface area contributed by atoms with E-state index in [0.29, 0.717) is 38.5 Å². The number of morpholine rings is 1. The first kappa shape index (κ1) is 83.9. The lowest BCUT2D eigenvalue weighted by Crippen LogP contribution is -2.68. The third kappa shape index (κ3) is 19.1. The molecule has 0 aromatic heterocycles. The van der Waals surface area contributed by atoms with Gasteiger partial charge in [0.05, 0.1) is 38.0 Å². The van der Waals surface area contributed by atoms with Crippen molar-refractivity contribution in [3.8, 4) is 0 Å². The van der Waals surface area contributed by atoms with E-state index >= 15 is 52.7 Å². The molecule has 32 heteroatoms. The molecule has 5 saturated heterocycles. The van der Waals surface area contributed by atoms with Crippen LogP contribution in [-0.4, -0.2) is 280 Å². The average molecular weight is 1550 g/mol. The molecule has 606 valence electrons. The van der Waals surface area contributed by atoms with Gasteiger partial charge in [-0.2, -0.15) is 26.3 Å². The zero-order valence-corrected chi connectivity index (χ0v) is 64.9. The van der Waals surface area contributed by atoms with Gasteiger partial charge in [-0.1, -0.05) is 52.9 Å². The first-order valence-corrected chi connectivity index (χ1v) is 40.3. The molecule has 25 nitrogen and oxygen atoms in total. The van der Waals surface area contributed by atoms with Crippen LogP contribution in [0.5, 0.6) is 0 Å². The Hall–Kier alpha value is -6.53. The largest absolute Gasteiger partial charge is 0.393 e. The Bertz CT molecular complexity index is 3290. The van der Waals surface area contributed by atoms with Crippen molar-refractivity contribution in [2.45, 2.75) is 272 Å². The van der Waals surface area contributed by atoms with Gasteiger partial charge in [0.1, 0.15) is 59.9 Å². The summed E-state index contributed by atoms with van der Waals surface area (Å²) in [5, 5.41) is 7.51. The van der Waals surface area contributed by atoms with Crippen LogP contribution >= 0.6 is 11.6 Å². The molecule has 5 aliphatic heterocycles. The van der Waals surface area contributed by atoms with Gasteiger partial charge in [0.2, 0.25) is 70.9 Å². The number of alkyl halides is 7. The molecule has 3 unspecified atom stereocenters. The number of hydrogen-bond acceptors (Lipinski definition) is 13. The van der Waals surface area contributed by atoms with Crippen LogP contribution < -0.4 is 16.0 Å². The number of rotatable bonds is 11. The molecule has 5 saturated carbocycles. The van der Waals surface area contributed by atoms with Crippen LogP contribution in [0.25, 0.3) is 0 Å². The van der Waals surface area contributed by atoms with E-state index in [4.69, 9.17) is 16.3 Å². The van der Waals surface area contributed by atoms with Crippen LogP contribution in [0.2, 0.25) is 0 Å². The maximum Gasteiger partial charge on any atom is 0.393 e. The number of nitrogens with one attached hydrogen (secondary N) is 3. The Morgan fingerprint density at radius 2 is 1.21 bits per heavy atom. The van der Waals surface area contributed by atoms with Gasteiger partial charge in [0.15, 0.2) is 0 Å². The fourth-order valence-corrected chi connectivity index (χ4v) is 19.0. The number of hydrogen-bond donors (Lipinski definition) is 3. The number of carbonyl (C=O) groups is 12. The maximum absolute atomic E-state index is 15.7. The lowest BCUT2D eigenvalue weighted by atomic mass is 9.74. The number of likely N-dealkylation sites (N-methyl/N-ethyl adjacent to an activating group) is 5. The van der Waals surface area contributed by atoms with E-state index < -0.39 is 197 Å². The molecule has 5 heterocycles. The molecule has 2 bridgehead atoms. The van der Waals surface area contributed by atoms with Crippen molar-refractivity contribution in [2.75, 3.05) is 87.7 Å². The summed E-state index contributed by atoms with van der Waals surface area (Å²) in [6.07, 6.45) is -3.83. The number of nitrogens with zero attached hydrogens (tertiary/aromatic N) is 9. The summed E-state index contributed by atoms with van der Waals surface area (Å²) >= 11 is 6.42. The van der Waals surface area contributed by atoms with Crippen molar-refractivity contribution >= 4 is 82.5 Å². The number of carbonyl (C=O) groups excluding carboxylic acids is 12. The highest BCUT2D eigenvalue weighted by atomic mass is 35.5. The summed E-state index contributed by atoms with van der Waals surface area (Å²) in [6.45, 7) is 5.49. The quantitative estimate of drug-likeness (QED) is 0.149. The van der Waals surface area contributed by atoms with Crippen molar-refractivity contribution in [1.29, 1.82) is 0 Å². The molecule has 14 atom stereocenters. The van der Waals surface area contributed by atoms with Crippen molar-refractivity contribution < 1.29 is 88.6 Å². The topological polar surface area (TPSA) is 279 Å². The summed E-state index contributed by atoms with van der Waals surface area (Å²) in [6, 6.07) is -11.4. The predicted molar refractivity (Wildman–Crippen MR) is 384 cm³/mol. The lowest BCUT2D eigenvalue weighted by Gasteiger charge is -2.47. The van der Waals surface area contributed by atoms with Crippen LogP contribution in [0.4, 0.5) is 26.3 Å². The van der Waals surface area contributed by atoms with Crippen LogP contribution in [0, 0.1) is 47.3 Å². The van der Waals surface area contributed by atoms with Crippen molar-refractivity contribution in [3.63, 3.8) is 0 Å². The molecule has 12 amide bonds. The van der Waals surface area contributed by atoms with Gasteiger partial charge in [-0.3, -0.25) is 57.5 Å². The standard InChI is InChI=1S/C76H115ClF6N12O13/c1-9-45(3)62-71(105)94-33-29-56(94)68(102)89(6)55-28-17-44(2)42-95(70(55)104)59(40-48-20-24-50(25-21-48)75(78,79)80)67(101)87(4)43-60(96)84-53(27-23-46-22-26-51(52(77)38-46)76(81,82)83)66(100)93-32-12-16-54(93)65(99)86-74(30-13-31-74)73(107)91(8)63(49-14-10-11-15-49)72(106)90(7)58(69(103)92-34-36-108-37-35-92)41-61(97)88(5)57(64(98)85-62)39-47-18-19-47/h44-59,62-63H,9-43H2,1-8H3,(H,84,96)(H,85,98)(H,86,99)/t44-,45+,46?,48?,50?,51?,52?,53+,54+,55+,56+,57+,58+,59+,62+,63+/m1/s1. The first-order chi connectivity index (χ1) is 51.0. The SMILES string of the molecule is CC[C@H](C)[C@@H]1NC(=O)[C@H](CC2CC2)N(C)C(=O)C[C@@H](C(=O)N2CCOCC2)N(C)C(=O)[C@H](C2CCCC2)N(C)C(=O)C2(CCC2)NC(=O)[C@@H]2CCCN2C(=O)[C@H](CCC2CCC(C(F)(F)F)C(Cl)C2)NC(=O)CN(C)C(=O)[C@H](CC2CCC(C(F)(F)F)CC2)N2C[C@H](C)CC[C@@H](C2=O)N(C)C(=O)[C@@H]2CCN2C1=O. The third-order valence-corrected chi connectivity index (χ3v) is 26.6. The molecular weight excluding hydrogens is 1440 g/mol. The summed E-state index contributed by atoms with van der Waals surface area (Å²) in [4.78, 5) is 195. The molecule has 10 fully saturated rings. The highest BCUT2D eigenvalue weighted by Crippen LogP contribution is 2.46. The fourth-order valence-electron chi connectivity index (χ4n) is 18.5. The van der Waals surface area contributed by atoms with Crippen molar-refractivity contribution in [2.24, 2.45) is 47.3 Å². The van der Waals surface area contributed by atoms with E-state index in [-0.39, 0.29) is 161 Å². The van der Waals surface area contributed by atoms with Crippen LogP contribution in [0.3, 0.4) is 0 Å². The molecule has 10 aliphatic rings. The average Bonchev–Trinajstić information content (AvgIpc) is 1.07. The predicted octanol–water partition coefficient (Wildman–Crippen LogP) is 6.40. The van der Waals surface area contributed by atoms with E-state index in [9.17, 15) is 31.1 Å². The minimum atomic E-state index is -4.55. The van der Waals surface area contributed by atoms with Crippen LogP contribution in [0.15, 0.2) is 0 Å². The van der Waals surface area contributed by atoms with E-state index in [0.717, 1.165) is 30.6 Å². The van der Waals surface area contributed by atoms with Gasteiger partial charge in [-0.05, 0) is 170 Å². The molecule has 108 heavy (non-hydrogen) atoms. The second kappa shape index (κ2) is 35.4. The molecule has 0 aromatic rings. The summed E-state index contributed by atoms with van der Waals surface area (Å²) < 4.78 is 90.4. The first-order valence-electron chi connectivity index (χ1n) is 39.8. The normalized spacial score (nSPS) is 33.6. The Labute approximate surface area is 635 Å². The zero-order chi connectivity index (χ0) is 78.6. The van der Waals surface area contributed by atoms with Gasteiger partial charge in [-0.15, -0.1) is 11.6 Å². The fraction of sp³-hybridized carbons (Fsp3) is 0.842. The van der Waals surface area contributed by atoms with E-state index in [1.165, 1.54) is 74.4 Å². The maximum atomic E-state index is 15.7. The number of fused-ring (bicyclic) bond motifs is 4. The molecule has 0 aromatic carbocycles. The second-order valence-corrected chi connectivity index (χ2v) is 34.0. The number of ether oxygens (including phenoxy) is 1. The zero-order valence-electron chi connectivity index (χ0n) is 64.1. The minimum absolute atomic E-state index is 0.0108. The lowest BCUT2D eigenvalue weighted by molar-refractivity contribution is -0.184. The summed E-state index contributed by atoms with van der Waals surface area (Å²) in [5.41, 5.74) is -1.58. The van der Waals surface area contributed by atoms with Gasteiger partial charge < -0.3 is 64.8 Å². The molecule has 1 spiro atoms. The molecule has 5 aliphatic carbocycles. The van der Waals surface area contributed by atoms with Crippen molar-refractivity contribution in [1.82, 2.24) is 60.0 Å². The van der Waals surface area contributed by atoms with E-state index in [1.807, 2.05) is 13.8 Å². The summed E-state index contributed by atoms with van der Waals surface area (Å²) in [7, 11) is 7.10. The minimum Gasteiger partial charge on any atom is -0.378 e.